The number of quaternary nitrogens is 1. The molecule has 2 aliphatic rings. The van der Waals surface area contributed by atoms with Crippen molar-refractivity contribution >= 4 is 12.0 Å². The Balaban J connectivity index is 2.04. The maximum atomic E-state index is 12.3. The third-order valence-corrected chi connectivity index (χ3v) is 3.83. The average Bonchev–Trinajstić information content (AvgIpc) is 2.99. The van der Waals surface area contributed by atoms with Gasteiger partial charge in [0.1, 0.15) is 13.1 Å². The molecular weight excluding hydrogens is 277 g/mol. The molecule has 0 aromatic heterocycles. The highest BCUT2D eigenvalue weighted by Gasteiger charge is 2.53. The summed E-state index contributed by atoms with van der Waals surface area (Å²) in [6.45, 7) is 0.195. The van der Waals surface area contributed by atoms with E-state index in [0.29, 0.717) is 12.8 Å². The average molecular weight is 295 g/mol. The quantitative estimate of drug-likeness (QED) is 0.755. The van der Waals surface area contributed by atoms with E-state index in [9.17, 15) is 22.8 Å². The van der Waals surface area contributed by atoms with Crippen molar-refractivity contribution in [3.8, 4) is 0 Å². The number of likely N-dealkylation sites (tertiary alicyclic amines) is 1. The van der Waals surface area contributed by atoms with Crippen molar-refractivity contribution in [1.82, 2.24) is 5.32 Å². The van der Waals surface area contributed by atoms with E-state index in [-0.39, 0.29) is 19.1 Å². The van der Waals surface area contributed by atoms with Crippen molar-refractivity contribution in [1.29, 1.82) is 0 Å². The van der Waals surface area contributed by atoms with Gasteiger partial charge in [0.2, 0.25) is 0 Å². The number of nitrogens with one attached hydrogen (secondary N) is 1. The Morgan fingerprint density at radius 3 is 2.10 bits per heavy atom. The molecule has 0 atom stereocenters. The van der Waals surface area contributed by atoms with Crippen LogP contribution in [0.25, 0.3) is 0 Å². The summed E-state index contributed by atoms with van der Waals surface area (Å²) in [6.07, 6.45) is -0.341. The molecule has 0 unspecified atom stereocenters. The molecule has 1 saturated heterocycles. The van der Waals surface area contributed by atoms with Gasteiger partial charge in [-0.2, -0.15) is 13.2 Å². The van der Waals surface area contributed by atoms with Crippen LogP contribution in [0.2, 0.25) is 0 Å². The van der Waals surface area contributed by atoms with E-state index in [1.54, 1.807) is 0 Å². The fourth-order valence-corrected chi connectivity index (χ4v) is 2.75. The van der Waals surface area contributed by atoms with Crippen molar-refractivity contribution < 1.29 is 32.2 Å². The van der Waals surface area contributed by atoms with Crippen molar-refractivity contribution in [2.24, 2.45) is 0 Å². The Morgan fingerprint density at radius 2 is 1.60 bits per heavy atom. The Morgan fingerprint density at radius 1 is 1.05 bits per heavy atom. The van der Waals surface area contributed by atoms with Gasteiger partial charge in [0, 0.05) is 18.9 Å². The molecule has 5 nitrogen and oxygen atoms in total. The Hall–Kier alpha value is -1.31. The van der Waals surface area contributed by atoms with Crippen molar-refractivity contribution in [3.63, 3.8) is 0 Å². The van der Waals surface area contributed by atoms with Gasteiger partial charge >= 0.3 is 18.2 Å². The second-order valence-electron chi connectivity index (χ2n) is 5.35. The minimum atomic E-state index is -5.08. The second-order valence-corrected chi connectivity index (χ2v) is 5.35. The summed E-state index contributed by atoms with van der Waals surface area (Å²) in [5.41, 5.74) is 0. The number of amides is 2. The molecule has 0 radical (unpaired) electrons. The normalized spacial score (nSPS) is 22.8. The van der Waals surface area contributed by atoms with Crippen LogP contribution in [0.3, 0.4) is 0 Å². The maximum Gasteiger partial charge on any atom is 0.497 e. The number of carbonyl (C=O) groups is 2. The monoisotopic (exact) mass is 295 g/mol. The van der Waals surface area contributed by atoms with Gasteiger partial charge in [-0.3, -0.25) is 10.2 Å². The minimum Gasteiger partial charge on any atom is -0.299 e. The lowest BCUT2D eigenvalue weighted by molar-refractivity contribution is -1.02. The molecule has 1 N–H and O–H groups in total. The molecule has 8 heteroatoms. The standard InChI is InChI=1S/C12H17F3N2O3/c13-12(14,15)10(18)20-17(7-3-4-8-17)11(19)16-9-5-1-2-6-9/h9H,1-8H2/p+1. The zero-order valence-electron chi connectivity index (χ0n) is 11.0. The minimum absolute atomic E-state index is 0.0253. The molecule has 114 valence electrons. The van der Waals surface area contributed by atoms with Crippen LogP contribution in [-0.4, -0.2) is 42.0 Å². The number of halogens is 3. The largest absolute Gasteiger partial charge is 0.497 e. The van der Waals surface area contributed by atoms with E-state index in [0.717, 1.165) is 25.7 Å². The van der Waals surface area contributed by atoms with E-state index in [2.05, 4.69) is 10.2 Å². The van der Waals surface area contributed by atoms with Crippen molar-refractivity contribution in [2.45, 2.75) is 50.7 Å². The lowest BCUT2D eigenvalue weighted by Gasteiger charge is -2.28. The first-order valence-corrected chi connectivity index (χ1v) is 6.82. The number of rotatable bonds is 1. The Labute approximate surface area is 114 Å². The van der Waals surface area contributed by atoms with Gasteiger partial charge in [0.05, 0.1) is 0 Å². The summed E-state index contributed by atoms with van der Waals surface area (Å²) >= 11 is 0. The first-order chi connectivity index (χ1) is 9.33. The van der Waals surface area contributed by atoms with Crippen LogP contribution < -0.4 is 5.32 Å². The number of urea groups is 1. The fraction of sp³-hybridized carbons (Fsp3) is 0.833. The molecular formula is C12H18F3N2O3+. The van der Waals surface area contributed by atoms with E-state index in [1.807, 2.05) is 0 Å². The summed E-state index contributed by atoms with van der Waals surface area (Å²) in [5.74, 6) is -2.30. The molecule has 0 aromatic rings. The summed E-state index contributed by atoms with van der Waals surface area (Å²) < 4.78 is 36.1. The second kappa shape index (κ2) is 5.59. The lowest BCUT2D eigenvalue weighted by atomic mass is 10.2. The molecule has 2 amide bonds. The SMILES string of the molecule is O=C(O[N+]1(C(=O)NC2CCCC2)CCCC1)C(F)(F)F. The molecule has 0 bridgehead atoms. The summed E-state index contributed by atoms with van der Waals surface area (Å²) in [7, 11) is 0. The van der Waals surface area contributed by atoms with Crippen LogP contribution >= 0.6 is 0 Å². The zero-order valence-corrected chi connectivity index (χ0v) is 11.0. The first kappa shape index (κ1) is 15.1. The topological polar surface area (TPSA) is 55.4 Å². The predicted molar refractivity (Wildman–Crippen MR) is 62.2 cm³/mol. The third kappa shape index (κ3) is 3.23. The summed E-state index contributed by atoms with van der Waals surface area (Å²) in [6, 6.07) is -0.658. The number of carbonyl (C=O) groups excluding carboxylic acids is 2. The maximum absolute atomic E-state index is 12.3. The van der Waals surface area contributed by atoms with Crippen LogP contribution in [-0.2, 0) is 9.63 Å². The van der Waals surface area contributed by atoms with Crippen LogP contribution in [0.15, 0.2) is 0 Å². The Bertz CT molecular complexity index is 386. The molecule has 2 fully saturated rings. The number of hydroxylamine groups is 3. The lowest BCUT2D eigenvalue weighted by Crippen LogP contribution is -2.59. The van der Waals surface area contributed by atoms with Crippen LogP contribution in [0, 0.1) is 0 Å². The highest BCUT2D eigenvalue weighted by molar-refractivity contribution is 5.76. The van der Waals surface area contributed by atoms with Crippen LogP contribution in [0.5, 0.6) is 0 Å². The fourth-order valence-electron chi connectivity index (χ4n) is 2.75. The first-order valence-electron chi connectivity index (χ1n) is 6.82. The molecule has 1 aliphatic heterocycles. The van der Waals surface area contributed by atoms with Gasteiger partial charge in [-0.1, -0.05) is 17.5 Å². The van der Waals surface area contributed by atoms with Crippen molar-refractivity contribution in [3.05, 3.63) is 0 Å². The molecule has 1 saturated carbocycles. The molecule has 2 rings (SSSR count). The van der Waals surface area contributed by atoms with Gasteiger partial charge in [-0.05, 0) is 12.8 Å². The molecule has 1 heterocycles. The van der Waals surface area contributed by atoms with Gasteiger partial charge < -0.3 is 0 Å². The summed E-state index contributed by atoms with van der Waals surface area (Å²) in [4.78, 5) is 27.7. The Kier molecular flexibility index (Phi) is 4.22. The summed E-state index contributed by atoms with van der Waals surface area (Å²) in [5, 5.41) is 2.71. The molecule has 0 aromatic carbocycles. The smallest absolute Gasteiger partial charge is 0.299 e. The number of nitrogens with zero attached hydrogens (tertiary/aromatic N) is 1. The van der Waals surface area contributed by atoms with E-state index in [4.69, 9.17) is 0 Å². The number of hydrogen-bond donors (Lipinski definition) is 1. The number of alkyl halides is 3. The molecule has 1 aliphatic carbocycles. The highest BCUT2D eigenvalue weighted by atomic mass is 19.4. The van der Waals surface area contributed by atoms with Gasteiger partial charge in [0.15, 0.2) is 0 Å². The van der Waals surface area contributed by atoms with E-state index in [1.165, 1.54) is 0 Å². The van der Waals surface area contributed by atoms with Gasteiger partial charge in [-0.15, -0.1) is 0 Å². The molecule has 20 heavy (non-hydrogen) atoms. The van der Waals surface area contributed by atoms with E-state index < -0.39 is 22.8 Å². The third-order valence-electron chi connectivity index (χ3n) is 3.83. The van der Waals surface area contributed by atoms with Gasteiger partial charge in [-0.25, -0.2) is 9.59 Å². The highest BCUT2D eigenvalue weighted by Crippen LogP contribution is 2.27. The number of hydrogen-bond acceptors (Lipinski definition) is 3. The van der Waals surface area contributed by atoms with Gasteiger partial charge in [0.25, 0.3) is 0 Å². The van der Waals surface area contributed by atoms with E-state index >= 15 is 0 Å². The van der Waals surface area contributed by atoms with Crippen LogP contribution in [0.4, 0.5) is 18.0 Å². The van der Waals surface area contributed by atoms with Crippen LogP contribution in [0.1, 0.15) is 38.5 Å². The predicted octanol–water partition coefficient (Wildman–Crippen LogP) is 2.27. The zero-order chi connectivity index (χ0) is 14.8. The molecule has 0 spiro atoms. The van der Waals surface area contributed by atoms with Crippen molar-refractivity contribution in [2.75, 3.05) is 13.1 Å².